The van der Waals surface area contributed by atoms with Crippen molar-refractivity contribution in [2.75, 3.05) is 18.3 Å². The first-order valence-electron chi connectivity index (χ1n) is 9.37. The Bertz CT molecular complexity index is 839. The lowest BCUT2D eigenvalue weighted by atomic mass is 9.92. The number of aromatic nitrogens is 2. The monoisotopic (exact) mass is 438 g/mol. The minimum atomic E-state index is -0.766. The molecule has 9 heteroatoms. The number of halogens is 1. The number of alkyl halides is 1. The summed E-state index contributed by atoms with van der Waals surface area (Å²) in [4.78, 5) is 25.4. The molecule has 2 aromatic rings. The predicted octanol–water partition coefficient (Wildman–Crippen LogP) is 3.95. The molecule has 0 radical (unpaired) electrons. The summed E-state index contributed by atoms with van der Waals surface area (Å²) in [6.07, 6.45) is 0.729. The quantitative estimate of drug-likeness (QED) is 0.578. The number of nitrogens with zero attached hydrogens (tertiary/aromatic N) is 2. The maximum absolute atomic E-state index is 12.9. The lowest BCUT2D eigenvalue weighted by Gasteiger charge is -2.28. The third-order valence-electron chi connectivity index (χ3n) is 4.72. The lowest BCUT2D eigenvalue weighted by molar-refractivity contribution is -0.132. The molecule has 2 unspecified atom stereocenters. The fraction of sp³-hybridized carbons (Fsp3) is 0.500. The summed E-state index contributed by atoms with van der Waals surface area (Å²) >= 11 is 7.15. The van der Waals surface area contributed by atoms with E-state index in [1.807, 2.05) is 38.1 Å². The molecule has 0 aliphatic heterocycles. The topological polar surface area (TPSA) is 93.2 Å². The molecule has 0 fully saturated rings. The van der Waals surface area contributed by atoms with Crippen molar-refractivity contribution in [1.29, 1.82) is 0 Å². The van der Waals surface area contributed by atoms with Gasteiger partial charge in [-0.1, -0.05) is 31.6 Å². The van der Waals surface area contributed by atoms with E-state index < -0.39 is 11.5 Å². The Balaban J connectivity index is 2.12. The van der Waals surface area contributed by atoms with Crippen LogP contribution >= 0.6 is 22.9 Å². The zero-order chi connectivity index (χ0) is 21.6. The molecule has 0 aliphatic rings. The summed E-state index contributed by atoms with van der Waals surface area (Å²) < 4.78 is 5.15. The number of rotatable bonds is 9. The van der Waals surface area contributed by atoms with Crippen molar-refractivity contribution in [3.8, 4) is 16.3 Å². The van der Waals surface area contributed by atoms with Gasteiger partial charge in [-0.2, -0.15) is 0 Å². The molecule has 0 saturated heterocycles. The van der Waals surface area contributed by atoms with Crippen LogP contribution in [0.2, 0.25) is 0 Å². The van der Waals surface area contributed by atoms with Crippen LogP contribution in [-0.2, 0) is 9.59 Å². The Morgan fingerprint density at radius 2 is 1.90 bits per heavy atom. The smallest absolute Gasteiger partial charge is 0.249 e. The minimum absolute atomic E-state index is 0.0564. The number of nitrogens with one attached hydrogen (secondary N) is 2. The molecule has 2 atom stereocenters. The number of benzene rings is 1. The average Bonchev–Trinajstić information content (AvgIpc) is 3.19. The minimum Gasteiger partial charge on any atom is -0.497 e. The highest BCUT2D eigenvalue weighted by Gasteiger charge is 2.33. The van der Waals surface area contributed by atoms with Crippen molar-refractivity contribution >= 4 is 39.9 Å². The Kier molecular flexibility index (Phi) is 7.98. The Morgan fingerprint density at radius 3 is 2.45 bits per heavy atom. The van der Waals surface area contributed by atoms with Crippen LogP contribution in [-0.4, -0.2) is 41.0 Å². The van der Waals surface area contributed by atoms with E-state index in [1.165, 1.54) is 11.3 Å². The molecule has 158 valence electrons. The number of methoxy groups -OCH3 is 1. The van der Waals surface area contributed by atoms with Crippen molar-refractivity contribution in [3.63, 3.8) is 0 Å². The summed E-state index contributed by atoms with van der Waals surface area (Å²) in [5.74, 6) is 0.271. The summed E-state index contributed by atoms with van der Waals surface area (Å²) in [5, 5.41) is 14.9. The van der Waals surface area contributed by atoms with Gasteiger partial charge < -0.3 is 10.1 Å². The van der Waals surface area contributed by atoms with Crippen LogP contribution < -0.4 is 15.4 Å². The first kappa shape index (κ1) is 23.1. The molecule has 2 amide bonds. The second-order valence-electron chi connectivity index (χ2n) is 7.48. The van der Waals surface area contributed by atoms with Gasteiger partial charge in [0, 0.05) is 11.4 Å². The molecule has 1 heterocycles. The van der Waals surface area contributed by atoms with Crippen molar-refractivity contribution in [2.45, 2.75) is 40.2 Å². The summed E-state index contributed by atoms with van der Waals surface area (Å²) in [6.45, 7) is 7.37. The molecule has 0 saturated carbocycles. The van der Waals surface area contributed by atoms with Gasteiger partial charge in [-0.25, -0.2) is 0 Å². The average molecular weight is 439 g/mol. The molecular weight excluding hydrogens is 412 g/mol. The molecule has 0 aliphatic carbocycles. The van der Waals surface area contributed by atoms with Crippen LogP contribution in [0.1, 0.15) is 34.1 Å². The lowest BCUT2D eigenvalue weighted by Crippen LogP contribution is -2.51. The third kappa shape index (κ3) is 5.90. The second-order valence-corrected chi connectivity index (χ2v) is 8.73. The van der Waals surface area contributed by atoms with Gasteiger partial charge in [0.25, 0.3) is 0 Å². The van der Waals surface area contributed by atoms with E-state index in [0.29, 0.717) is 10.1 Å². The van der Waals surface area contributed by atoms with E-state index in [2.05, 4.69) is 20.8 Å². The van der Waals surface area contributed by atoms with Crippen molar-refractivity contribution < 1.29 is 14.3 Å². The van der Waals surface area contributed by atoms with Gasteiger partial charge >= 0.3 is 0 Å². The number of amides is 2. The van der Waals surface area contributed by atoms with Gasteiger partial charge in [0.05, 0.1) is 12.5 Å². The van der Waals surface area contributed by atoms with Gasteiger partial charge in [0.15, 0.2) is 0 Å². The second kappa shape index (κ2) is 10.0. The number of hydrogen-bond donors (Lipinski definition) is 2. The number of anilines is 1. The molecule has 0 spiro atoms. The molecule has 2 rings (SSSR count). The largest absolute Gasteiger partial charge is 0.497 e. The highest BCUT2D eigenvalue weighted by atomic mass is 35.5. The van der Waals surface area contributed by atoms with Crippen LogP contribution in [0.3, 0.4) is 0 Å². The van der Waals surface area contributed by atoms with Crippen molar-refractivity contribution in [1.82, 2.24) is 15.5 Å². The van der Waals surface area contributed by atoms with E-state index in [0.717, 1.165) is 17.7 Å². The highest BCUT2D eigenvalue weighted by Crippen LogP contribution is 2.28. The first-order valence-corrected chi connectivity index (χ1v) is 10.7. The Hall–Kier alpha value is -2.19. The van der Waals surface area contributed by atoms with Crippen LogP contribution in [0, 0.1) is 11.3 Å². The van der Waals surface area contributed by atoms with Crippen molar-refractivity contribution in [3.05, 3.63) is 24.3 Å². The first-order chi connectivity index (χ1) is 13.7. The fourth-order valence-electron chi connectivity index (χ4n) is 2.41. The van der Waals surface area contributed by atoms with E-state index >= 15 is 0 Å². The fourth-order valence-corrected chi connectivity index (χ4v) is 3.28. The maximum Gasteiger partial charge on any atom is 0.249 e. The van der Waals surface area contributed by atoms with Crippen LogP contribution in [0.5, 0.6) is 5.75 Å². The molecule has 29 heavy (non-hydrogen) atoms. The summed E-state index contributed by atoms with van der Waals surface area (Å²) in [6, 6.07) is 6.73. The van der Waals surface area contributed by atoms with Crippen molar-refractivity contribution in [2.24, 2.45) is 11.3 Å². The van der Waals surface area contributed by atoms with Crippen LogP contribution in [0.4, 0.5) is 5.13 Å². The molecule has 1 aromatic carbocycles. The van der Waals surface area contributed by atoms with E-state index in [1.54, 1.807) is 21.0 Å². The van der Waals surface area contributed by atoms with Gasteiger partial charge in [-0.15, -0.1) is 21.8 Å². The van der Waals surface area contributed by atoms with E-state index in [4.69, 9.17) is 16.3 Å². The molecule has 2 N–H and O–H groups in total. The zero-order valence-electron chi connectivity index (χ0n) is 17.3. The number of carbonyl (C=O) groups is 2. The highest BCUT2D eigenvalue weighted by molar-refractivity contribution is 7.18. The molecule has 7 nitrogen and oxygen atoms in total. The normalized spacial score (nSPS) is 13.4. The van der Waals surface area contributed by atoms with Gasteiger partial charge in [0.1, 0.15) is 16.8 Å². The van der Waals surface area contributed by atoms with Gasteiger partial charge in [-0.05, 0) is 44.0 Å². The van der Waals surface area contributed by atoms with Gasteiger partial charge in [0.2, 0.25) is 16.9 Å². The molecule has 1 aromatic heterocycles. The van der Waals surface area contributed by atoms with E-state index in [-0.39, 0.29) is 23.6 Å². The Labute approximate surface area is 180 Å². The number of ether oxygens (including phenoxy) is 1. The predicted molar refractivity (Wildman–Crippen MR) is 116 cm³/mol. The van der Waals surface area contributed by atoms with Crippen LogP contribution in [0.25, 0.3) is 10.6 Å². The van der Waals surface area contributed by atoms with Crippen LogP contribution in [0.15, 0.2) is 24.3 Å². The zero-order valence-corrected chi connectivity index (χ0v) is 18.9. The number of hydrogen-bond acceptors (Lipinski definition) is 6. The SMILES string of the molecule is CCC(C)C(NC(=O)C(C)(C)CCl)C(=O)Nc1nnc(-c2ccc(OC)cc2)s1. The van der Waals surface area contributed by atoms with E-state index in [9.17, 15) is 9.59 Å². The summed E-state index contributed by atoms with van der Waals surface area (Å²) in [5.41, 5.74) is 0.108. The van der Waals surface area contributed by atoms with Gasteiger partial charge in [-0.3, -0.25) is 14.9 Å². The molecule has 0 bridgehead atoms. The molecular formula is C20H27ClN4O3S. The third-order valence-corrected chi connectivity index (χ3v) is 6.28. The Morgan fingerprint density at radius 1 is 1.24 bits per heavy atom. The standard InChI is InChI=1S/C20H27ClN4O3S/c1-6-12(2)15(22-18(27)20(3,4)11-21)16(26)23-19-25-24-17(29-19)13-7-9-14(28-5)10-8-13/h7-10,12,15H,6,11H2,1-5H3,(H,22,27)(H,23,25,26). The number of carbonyl (C=O) groups excluding carboxylic acids is 2. The maximum atomic E-state index is 12.9. The summed E-state index contributed by atoms with van der Waals surface area (Å²) in [7, 11) is 1.61.